The summed E-state index contributed by atoms with van der Waals surface area (Å²) in [7, 11) is 0. The number of halogens is 4. The van der Waals surface area contributed by atoms with E-state index in [1.807, 2.05) is 48.5 Å². The Balaban J connectivity index is 0.000000249. The molecular formula is C54H62F4N6O2. The lowest BCUT2D eigenvalue weighted by Crippen LogP contribution is -2.52. The summed E-state index contributed by atoms with van der Waals surface area (Å²) < 4.78 is 54.4. The molecule has 0 aromatic heterocycles. The van der Waals surface area contributed by atoms with Crippen molar-refractivity contribution < 1.29 is 27.2 Å². The van der Waals surface area contributed by atoms with Crippen molar-refractivity contribution in [3.05, 3.63) is 191 Å². The molecule has 8 nitrogen and oxygen atoms in total. The van der Waals surface area contributed by atoms with Crippen LogP contribution >= 0.6 is 0 Å². The highest BCUT2D eigenvalue weighted by molar-refractivity contribution is 5.74. The summed E-state index contributed by atoms with van der Waals surface area (Å²) in [5, 5.41) is 12.4. The number of rotatable bonds is 20. The van der Waals surface area contributed by atoms with E-state index in [0.29, 0.717) is 43.2 Å². The van der Waals surface area contributed by atoms with E-state index in [4.69, 9.17) is 11.5 Å². The number of hydrogen-bond acceptors (Lipinski definition) is 6. The molecule has 66 heavy (non-hydrogen) atoms. The second kappa shape index (κ2) is 25.5. The molecule has 0 radical (unpaired) electrons. The zero-order valence-electron chi connectivity index (χ0n) is 38.1. The second-order valence-corrected chi connectivity index (χ2v) is 17.1. The smallest absolute Gasteiger partial charge is 0.217 e. The number of carbonyl (C=O) groups excluding carboxylic acids is 2. The fourth-order valence-corrected chi connectivity index (χ4v) is 8.00. The van der Waals surface area contributed by atoms with Gasteiger partial charge in [0, 0.05) is 76.3 Å². The number of hydrogen-bond donors (Lipinski definition) is 6. The zero-order chi connectivity index (χ0) is 47.6. The van der Waals surface area contributed by atoms with E-state index in [1.165, 1.54) is 49.2 Å². The van der Waals surface area contributed by atoms with Crippen LogP contribution in [0.2, 0.25) is 0 Å². The van der Waals surface area contributed by atoms with Gasteiger partial charge >= 0.3 is 0 Å². The van der Waals surface area contributed by atoms with Gasteiger partial charge in [0.2, 0.25) is 11.8 Å². The van der Waals surface area contributed by atoms with Gasteiger partial charge < -0.3 is 32.7 Å². The average molecular weight is 903 g/mol. The summed E-state index contributed by atoms with van der Waals surface area (Å²) in [6.07, 6.45) is 1.46. The van der Waals surface area contributed by atoms with Crippen molar-refractivity contribution in [1.29, 1.82) is 0 Å². The molecule has 6 rings (SSSR count). The van der Waals surface area contributed by atoms with Crippen LogP contribution in [-0.2, 0) is 41.9 Å². The van der Waals surface area contributed by atoms with Crippen LogP contribution in [0.1, 0.15) is 55.5 Å². The van der Waals surface area contributed by atoms with Gasteiger partial charge in [0.25, 0.3) is 0 Å². The van der Waals surface area contributed by atoms with E-state index in [-0.39, 0.29) is 24.7 Å². The molecule has 0 fully saturated rings. The number of benzene rings is 6. The summed E-state index contributed by atoms with van der Waals surface area (Å²) in [5.41, 5.74) is 21.8. The molecule has 0 bridgehead atoms. The molecule has 4 atom stereocenters. The first kappa shape index (κ1) is 50.8. The predicted molar refractivity (Wildman–Crippen MR) is 257 cm³/mol. The standard InChI is InChI=1S/C29H35F2N3O.C25H27F2N3O/c1-19(2)11-21-9-10-27(23-7-5-4-6-8-23)24(12-21)17-33-18-28(32)29(34-20(3)35)15-22-13-25(30)16-26(31)14-22;1-17(31)30-25(13-18-11-21(26)14-22(27)12-18)24(28)16-29-15-20-9-5-6-10-23(20)19-7-3-2-4-8-19/h4-10,12-14,16,19,28-29,33H,11,15,17-18,32H2,1-3H3,(H,34,35);2-12,14,24-25,29H,13,15-16,28H2,1H3,(H,30,31)/t28?,29-;24?,25-/m00/s1. The summed E-state index contributed by atoms with van der Waals surface area (Å²) in [4.78, 5) is 23.4. The molecule has 6 aromatic rings. The van der Waals surface area contributed by atoms with E-state index in [0.717, 1.165) is 46.4 Å². The molecule has 348 valence electrons. The van der Waals surface area contributed by atoms with Gasteiger partial charge in [-0.25, -0.2) is 17.6 Å². The van der Waals surface area contributed by atoms with Gasteiger partial charge in [-0.3, -0.25) is 9.59 Å². The highest BCUT2D eigenvalue weighted by Gasteiger charge is 2.22. The third kappa shape index (κ3) is 16.7. The number of amides is 2. The van der Waals surface area contributed by atoms with Crippen molar-refractivity contribution in [2.24, 2.45) is 17.4 Å². The molecule has 0 saturated heterocycles. The summed E-state index contributed by atoms with van der Waals surface area (Å²) in [5.74, 6) is -2.53. The van der Waals surface area contributed by atoms with Crippen molar-refractivity contribution in [2.45, 2.75) is 84.2 Å². The van der Waals surface area contributed by atoms with Gasteiger partial charge in [0.1, 0.15) is 23.3 Å². The number of nitrogens with two attached hydrogens (primary N) is 2. The van der Waals surface area contributed by atoms with E-state index < -0.39 is 47.4 Å². The summed E-state index contributed by atoms with van der Waals surface area (Å²) >= 11 is 0. The molecule has 0 aliphatic carbocycles. The average Bonchev–Trinajstić information content (AvgIpc) is 3.26. The Bertz CT molecular complexity index is 2430. The molecule has 2 amide bonds. The molecule has 0 aliphatic heterocycles. The molecule has 0 spiro atoms. The Morgan fingerprint density at radius 2 is 0.894 bits per heavy atom. The number of nitrogens with one attached hydrogen (secondary N) is 4. The maximum Gasteiger partial charge on any atom is 0.217 e. The Morgan fingerprint density at radius 3 is 1.33 bits per heavy atom. The SMILES string of the molecule is CC(=O)N[C@@H](Cc1cc(F)cc(F)c1)C(N)CNCc1cc(CC(C)C)ccc1-c1ccccc1.CC(=O)N[C@@H](Cc1cc(F)cc(F)c1)C(N)CNCc1ccccc1-c1ccccc1. The topological polar surface area (TPSA) is 134 Å². The van der Waals surface area contributed by atoms with Crippen LogP contribution in [-0.4, -0.2) is 49.1 Å². The Morgan fingerprint density at radius 1 is 0.485 bits per heavy atom. The van der Waals surface area contributed by atoms with Gasteiger partial charge in [-0.1, -0.05) is 117 Å². The van der Waals surface area contributed by atoms with Crippen LogP contribution in [0.15, 0.2) is 140 Å². The molecular weight excluding hydrogens is 841 g/mol. The van der Waals surface area contributed by atoms with Gasteiger partial charge in [-0.15, -0.1) is 0 Å². The van der Waals surface area contributed by atoms with Crippen LogP contribution in [0.25, 0.3) is 22.3 Å². The number of carbonyl (C=O) groups is 2. The summed E-state index contributed by atoms with van der Waals surface area (Å²) in [6, 6.07) is 39.9. The molecule has 12 heteroatoms. The zero-order valence-corrected chi connectivity index (χ0v) is 38.1. The second-order valence-electron chi connectivity index (χ2n) is 17.1. The predicted octanol–water partition coefficient (Wildman–Crippen LogP) is 8.79. The maximum atomic E-state index is 13.7. The fourth-order valence-electron chi connectivity index (χ4n) is 8.00. The van der Waals surface area contributed by atoms with Crippen LogP contribution in [0.5, 0.6) is 0 Å². The molecule has 0 heterocycles. The van der Waals surface area contributed by atoms with Gasteiger partial charge in [0.05, 0.1) is 0 Å². The Hall–Kier alpha value is -6.18. The lowest BCUT2D eigenvalue weighted by molar-refractivity contribution is -0.120. The molecule has 0 saturated carbocycles. The normalized spacial score (nSPS) is 13.0. The monoisotopic (exact) mass is 902 g/mol. The molecule has 6 aromatic carbocycles. The van der Waals surface area contributed by atoms with Crippen molar-refractivity contribution in [3.63, 3.8) is 0 Å². The van der Waals surface area contributed by atoms with Crippen molar-refractivity contribution in [1.82, 2.24) is 21.3 Å². The molecule has 2 unspecified atom stereocenters. The van der Waals surface area contributed by atoms with Gasteiger partial charge in [-0.05, 0) is 99.5 Å². The third-order valence-corrected chi connectivity index (χ3v) is 11.0. The van der Waals surface area contributed by atoms with Crippen molar-refractivity contribution in [3.8, 4) is 22.3 Å². The molecule has 8 N–H and O–H groups in total. The van der Waals surface area contributed by atoms with Crippen LogP contribution in [0.3, 0.4) is 0 Å². The minimum Gasteiger partial charge on any atom is -0.352 e. The van der Waals surface area contributed by atoms with E-state index in [9.17, 15) is 27.2 Å². The largest absolute Gasteiger partial charge is 0.352 e. The van der Waals surface area contributed by atoms with Crippen molar-refractivity contribution in [2.75, 3.05) is 13.1 Å². The summed E-state index contributed by atoms with van der Waals surface area (Å²) in [6.45, 7) is 9.26. The fraction of sp³-hybridized carbons (Fsp3) is 0.296. The first-order chi connectivity index (χ1) is 31.6. The van der Waals surface area contributed by atoms with Crippen LogP contribution in [0.4, 0.5) is 17.6 Å². The maximum absolute atomic E-state index is 13.7. The van der Waals surface area contributed by atoms with Gasteiger partial charge in [-0.2, -0.15) is 0 Å². The lowest BCUT2D eigenvalue weighted by Gasteiger charge is -2.25. The first-order valence-corrected chi connectivity index (χ1v) is 22.3. The first-order valence-electron chi connectivity index (χ1n) is 22.3. The van der Waals surface area contributed by atoms with Crippen LogP contribution in [0, 0.1) is 29.2 Å². The minimum absolute atomic E-state index is 0.232. The van der Waals surface area contributed by atoms with Crippen molar-refractivity contribution >= 4 is 11.8 Å². The lowest BCUT2D eigenvalue weighted by atomic mass is 9.94. The van der Waals surface area contributed by atoms with E-state index in [1.54, 1.807) is 0 Å². The molecule has 0 aliphatic rings. The Kier molecular flexibility index (Phi) is 19.6. The third-order valence-electron chi connectivity index (χ3n) is 11.0. The van der Waals surface area contributed by atoms with Gasteiger partial charge in [0.15, 0.2) is 0 Å². The van der Waals surface area contributed by atoms with Crippen LogP contribution < -0.4 is 32.7 Å². The van der Waals surface area contributed by atoms with E-state index >= 15 is 0 Å². The highest BCUT2D eigenvalue weighted by atomic mass is 19.1. The minimum atomic E-state index is -0.652. The Labute approximate surface area is 386 Å². The quantitative estimate of drug-likeness (QED) is 0.0425. The highest BCUT2D eigenvalue weighted by Crippen LogP contribution is 2.26. The van der Waals surface area contributed by atoms with E-state index in [2.05, 4.69) is 89.7 Å².